The molecule has 1 amide bonds. The van der Waals surface area contributed by atoms with Crippen molar-refractivity contribution in [3.05, 3.63) is 108 Å². The summed E-state index contributed by atoms with van der Waals surface area (Å²) < 4.78 is 18.5. The van der Waals surface area contributed by atoms with Crippen LogP contribution < -0.4 is 17.0 Å². The van der Waals surface area contributed by atoms with Gasteiger partial charge in [0.25, 0.3) is 5.56 Å². The van der Waals surface area contributed by atoms with E-state index in [9.17, 15) is 19.5 Å². The van der Waals surface area contributed by atoms with Crippen molar-refractivity contribution in [2.24, 2.45) is 11.7 Å². The zero-order valence-electron chi connectivity index (χ0n) is 22.9. The van der Waals surface area contributed by atoms with Crippen LogP contribution in [0.4, 0.5) is 4.39 Å². The first-order valence-electron chi connectivity index (χ1n) is 13.6. The number of primary amides is 1. The number of allylic oxidation sites excluding steroid dienone is 1. The molecule has 2 aliphatic carbocycles. The van der Waals surface area contributed by atoms with Crippen molar-refractivity contribution in [1.82, 2.24) is 14.0 Å². The third kappa shape index (κ3) is 4.26. The number of halogens is 2. The van der Waals surface area contributed by atoms with Crippen molar-refractivity contribution in [3.63, 3.8) is 0 Å². The minimum absolute atomic E-state index is 0.00858. The number of hydrogen-bond donors (Lipinski definition) is 3. The van der Waals surface area contributed by atoms with Gasteiger partial charge in [0, 0.05) is 41.2 Å². The van der Waals surface area contributed by atoms with E-state index < -0.39 is 34.5 Å². The average Bonchev–Trinajstić information content (AvgIpc) is 3.28. The Balaban J connectivity index is 1.56. The predicted molar refractivity (Wildman–Crippen MR) is 155 cm³/mol. The van der Waals surface area contributed by atoms with Gasteiger partial charge in [0.2, 0.25) is 5.91 Å². The van der Waals surface area contributed by atoms with Crippen molar-refractivity contribution in [2.75, 3.05) is 0 Å². The minimum atomic E-state index is -0.896. The molecule has 10 heteroatoms. The lowest BCUT2D eigenvalue weighted by molar-refractivity contribution is -0.119. The molecule has 4 aromatic rings. The third-order valence-electron chi connectivity index (χ3n) is 8.69. The van der Waals surface area contributed by atoms with Crippen LogP contribution in [0, 0.1) is 12.8 Å². The molecule has 1 aromatic carbocycles. The van der Waals surface area contributed by atoms with Crippen molar-refractivity contribution < 1.29 is 14.3 Å². The Morgan fingerprint density at radius 1 is 1.20 bits per heavy atom. The summed E-state index contributed by atoms with van der Waals surface area (Å²) in [5.74, 6) is -1.98. The molecule has 0 fully saturated rings. The number of nitrogens with one attached hydrogen (secondary N) is 1. The SMILES string of the molecule is Cc1c(C2=C(F)CC(C(N)=O)c3[nH]c4c(c32)CC[C@H](C(C)(C)O)C4)cccc1-n1c(=O)cc2c(Cl)cccn2c1=O. The van der Waals surface area contributed by atoms with Gasteiger partial charge in [-0.3, -0.25) is 14.0 Å². The number of carbonyl (C=O) groups is 1. The van der Waals surface area contributed by atoms with Crippen molar-refractivity contribution in [3.8, 4) is 5.69 Å². The smallest absolute Gasteiger partial charge is 0.340 e. The van der Waals surface area contributed by atoms with Gasteiger partial charge >= 0.3 is 5.69 Å². The summed E-state index contributed by atoms with van der Waals surface area (Å²) in [6, 6.07) is 9.60. The molecule has 212 valence electrons. The monoisotopic (exact) mass is 576 g/mol. The van der Waals surface area contributed by atoms with E-state index in [4.69, 9.17) is 17.3 Å². The Morgan fingerprint density at radius 2 is 1.95 bits per heavy atom. The molecule has 3 heterocycles. The number of nitrogens with zero attached hydrogens (tertiary/aromatic N) is 2. The quantitative estimate of drug-likeness (QED) is 0.335. The number of carbonyl (C=O) groups excluding carboxylic acids is 1. The molecule has 0 saturated carbocycles. The first-order valence-corrected chi connectivity index (χ1v) is 13.9. The molecule has 6 rings (SSSR count). The van der Waals surface area contributed by atoms with Gasteiger partial charge in [-0.05, 0) is 80.8 Å². The maximum Gasteiger partial charge on any atom is 0.340 e. The summed E-state index contributed by atoms with van der Waals surface area (Å²) in [6.07, 6.45) is 3.17. The second-order valence-corrected chi connectivity index (χ2v) is 12.0. The van der Waals surface area contributed by atoms with Crippen LogP contribution in [0.1, 0.15) is 66.2 Å². The first-order chi connectivity index (χ1) is 19.4. The predicted octanol–water partition coefficient (Wildman–Crippen LogP) is 4.32. The number of H-pyrrole nitrogens is 1. The van der Waals surface area contributed by atoms with E-state index in [0.717, 1.165) is 15.8 Å². The van der Waals surface area contributed by atoms with E-state index in [1.54, 1.807) is 51.1 Å². The molecule has 2 atom stereocenters. The lowest BCUT2D eigenvalue weighted by atomic mass is 9.75. The highest BCUT2D eigenvalue weighted by Crippen LogP contribution is 2.48. The second kappa shape index (κ2) is 9.56. The number of nitrogens with two attached hydrogens (primary N) is 1. The van der Waals surface area contributed by atoms with Gasteiger partial charge in [-0.15, -0.1) is 0 Å². The van der Waals surface area contributed by atoms with Gasteiger partial charge in [0.1, 0.15) is 5.83 Å². The number of fused-ring (bicyclic) bond motifs is 4. The molecule has 1 unspecified atom stereocenters. The fraction of sp³-hybridized carbons (Fsp3) is 0.323. The highest BCUT2D eigenvalue weighted by Gasteiger charge is 2.40. The summed E-state index contributed by atoms with van der Waals surface area (Å²) in [6.45, 7) is 5.30. The number of benzene rings is 1. The van der Waals surface area contributed by atoms with Crippen LogP contribution in [0.5, 0.6) is 0 Å². The molecule has 2 aliphatic rings. The summed E-state index contributed by atoms with van der Waals surface area (Å²) >= 11 is 6.23. The van der Waals surface area contributed by atoms with E-state index in [0.29, 0.717) is 58.4 Å². The zero-order chi connectivity index (χ0) is 29.4. The second-order valence-electron chi connectivity index (χ2n) is 11.6. The normalized spacial score (nSPS) is 18.9. The van der Waals surface area contributed by atoms with Crippen molar-refractivity contribution >= 4 is 28.6 Å². The van der Waals surface area contributed by atoms with Crippen LogP contribution in [0.15, 0.2) is 58.0 Å². The largest absolute Gasteiger partial charge is 0.390 e. The number of aromatic nitrogens is 3. The van der Waals surface area contributed by atoms with E-state index >= 15 is 4.39 Å². The number of aromatic amines is 1. The topological polar surface area (TPSA) is 123 Å². The van der Waals surface area contributed by atoms with Gasteiger partial charge in [0.15, 0.2) is 0 Å². The average molecular weight is 577 g/mol. The van der Waals surface area contributed by atoms with Gasteiger partial charge in [0.05, 0.1) is 27.7 Å². The van der Waals surface area contributed by atoms with Gasteiger partial charge < -0.3 is 15.8 Å². The van der Waals surface area contributed by atoms with Crippen LogP contribution in [0.2, 0.25) is 5.02 Å². The number of amides is 1. The van der Waals surface area contributed by atoms with E-state index in [1.165, 1.54) is 16.7 Å². The Hall–Kier alpha value is -3.95. The molecule has 3 aromatic heterocycles. The zero-order valence-corrected chi connectivity index (χ0v) is 23.7. The minimum Gasteiger partial charge on any atom is -0.390 e. The van der Waals surface area contributed by atoms with Gasteiger partial charge in [-0.25, -0.2) is 13.8 Å². The summed E-state index contributed by atoms with van der Waals surface area (Å²) in [5.41, 5.74) is 8.59. The van der Waals surface area contributed by atoms with Crippen LogP contribution in [-0.4, -0.2) is 30.6 Å². The van der Waals surface area contributed by atoms with E-state index in [2.05, 4.69) is 4.98 Å². The lowest BCUT2D eigenvalue weighted by Crippen LogP contribution is -2.36. The Labute approximate surface area is 239 Å². The first kappa shape index (κ1) is 27.2. The summed E-state index contributed by atoms with van der Waals surface area (Å²) in [7, 11) is 0. The maximum absolute atomic E-state index is 16.1. The van der Waals surface area contributed by atoms with Crippen LogP contribution in [0.3, 0.4) is 0 Å². The molecule has 0 spiro atoms. The number of hydrogen-bond acceptors (Lipinski definition) is 4. The van der Waals surface area contributed by atoms with Crippen LogP contribution in [0.25, 0.3) is 16.8 Å². The van der Waals surface area contributed by atoms with Crippen LogP contribution in [-0.2, 0) is 17.6 Å². The third-order valence-corrected chi connectivity index (χ3v) is 9.00. The Bertz CT molecular complexity index is 1910. The Kier molecular flexibility index (Phi) is 6.35. The molecule has 0 bridgehead atoms. The van der Waals surface area contributed by atoms with Gasteiger partial charge in [-0.1, -0.05) is 23.7 Å². The van der Waals surface area contributed by atoms with Crippen molar-refractivity contribution in [1.29, 1.82) is 0 Å². The van der Waals surface area contributed by atoms with E-state index in [1.807, 2.05) is 0 Å². The lowest BCUT2D eigenvalue weighted by Gasteiger charge is -2.33. The molecule has 0 saturated heterocycles. The fourth-order valence-corrected chi connectivity index (χ4v) is 6.68. The Morgan fingerprint density at radius 3 is 2.66 bits per heavy atom. The highest BCUT2D eigenvalue weighted by molar-refractivity contribution is 6.33. The molecule has 4 N–H and O–H groups in total. The molecular formula is C31H30ClFN4O4. The summed E-state index contributed by atoms with van der Waals surface area (Å²) in [4.78, 5) is 42.5. The number of pyridine rings is 1. The van der Waals surface area contributed by atoms with Gasteiger partial charge in [-0.2, -0.15) is 0 Å². The molecular weight excluding hydrogens is 547 g/mol. The molecule has 0 aliphatic heterocycles. The number of aliphatic hydroxyl groups is 1. The van der Waals surface area contributed by atoms with Crippen LogP contribution >= 0.6 is 11.6 Å². The fourth-order valence-electron chi connectivity index (χ4n) is 6.47. The summed E-state index contributed by atoms with van der Waals surface area (Å²) in [5, 5.41) is 10.9. The highest BCUT2D eigenvalue weighted by atomic mass is 35.5. The maximum atomic E-state index is 16.1. The molecule has 0 radical (unpaired) electrons. The standard InChI is InChI=1S/C31H30ClFN4O4/c1-15-17(6-4-8-23(15)37-25(38)14-24-20(32)7-5-11-36(24)30(37)40)26-21(33)13-19(29(34)39)28-27(26)18-10-9-16(31(2,3)41)12-22(18)35-28/h4-8,11,14,16,19,35,41H,9-10,12-13H2,1-3H3,(H2,34,39)/t16-,19?/m0/s1. The number of rotatable bonds is 4. The molecule has 41 heavy (non-hydrogen) atoms. The van der Waals surface area contributed by atoms with Crippen molar-refractivity contribution in [2.45, 2.75) is 58.0 Å². The molecule has 8 nitrogen and oxygen atoms in total. The van der Waals surface area contributed by atoms with E-state index in [-0.39, 0.29) is 17.4 Å².